The van der Waals surface area contributed by atoms with Crippen molar-refractivity contribution in [1.29, 1.82) is 0 Å². The topological polar surface area (TPSA) is 66.5 Å². The van der Waals surface area contributed by atoms with Gasteiger partial charge in [-0.3, -0.25) is 4.79 Å². The molecule has 1 heterocycles. The molecule has 0 radical (unpaired) electrons. The Hall–Kier alpha value is -2.18. The van der Waals surface area contributed by atoms with Crippen molar-refractivity contribution < 1.29 is 13.2 Å². The number of hydrogen-bond donors (Lipinski definition) is 1. The van der Waals surface area contributed by atoms with E-state index in [1.807, 2.05) is 56.3 Å². The van der Waals surface area contributed by atoms with Gasteiger partial charge in [0.2, 0.25) is 15.9 Å². The van der Waals surface area contributed by atoms with Crippen LogP contribution in [0.4, 0.5) is 0 Å². The first-order valence-electron chi connectivity index (χ1n) is 9.77. The molecule has 1 N–H and O–H groups in total. The number of piperidine rings is 1. The number of rotatable bonds is 6. The molecule has 1 aliphatic heterocycles. The summed E-state index contributed by atoms with van der Waals surface area (Å²) in [5.74, 6) is -0.0965. The number of sulfonamides is 1. The lowest BCUT2D eigenvalue weighted by Crippen LogP contribution is -2.43. The molecule has 150 valence electrons. The lowest BCUT2D eigenvalue weighted by atomic mass is 9.97. The molecule has 2 aromatic carbocycles. The van der Waals surface area contributed by atoms with Crippen LogP contribution in [0.2, 0.25) is 0 Å². The van der Waals surface area contributed by atoms with E-state index < -0.39 is 10.0 Å². The van der Waals surface area contributed by atoms with Gasteiger partial charge < -0.3 is 5.32 Å². The van der Waals surface area contributed by atoms with Crippen molar-refractivity contribution in [3.8, 4) is 0 Å². The van der Waals surface area contributed by atoms with Crippen LogP contribution in [0.1, 0.15) is 29.5 Å². The molecule has 0 bridgehead atoms. The van der Waals surface area contributed by atoms with Crippen molar-refractivity contribution in [2.24, 2.45) is 5.92 Å². The molecule has 1 fully saturated rings. The monoisotopic (exact) mass is 400 g/mol. The molecule has 1 saturated heterocycles. The number of benzene rings is 2. The van der Waals surface area contributed by atoms with E-state index >= 15 is 0 Å². The van der Waals surface area contributed by atoms with Crippen molar-refractivity contribution >= 4 is 15.9 Å². The first kappa shape index (κ1) is 20.6. The second kappa shape index (κ2) is 8.88. The average molecular weight is 401 g/mol. The van der Waals surface area contributed by atoms with Gasteiger partial charge in [-0.1, -0.05) is 48.0 Å². The number of nitrogens with zero attached hydrogens (tertiary/aromatic N) is 1. The third-order valence-electron chi connectivity index (χ3n) is 5.33. The third kappa shape index (κ3) is 4.80. The van der Waals surface area contributed by atoms with Crippen molar-refractivity contribution in [3.63, 3.8) is 0 Å². The standard InChI is InChI=1S/C22H28N2O3S/c1-17-8-9-21(18(2)16-17)28(26,27)24-14-11-20(12-15-24)22(25)23-13-10-19-6-4-3-5-7-19/h3-9,16,20H,10-15H2,1-2H3,(H,23,25). The molecular weight excluding hydrogens is 372 g/mol. The first-order valence-corrected chi connectivity index (χ1v) is 11.2. The lowest BCUT2D eigenvalue weighted by molar-refractivity contribution is -0.126. The third-order valence-corrected chi connectivity index (χ3v) is 7.39. The summed E-state index contributed by atoms with van der Waals surface area (Å²) < 4.78 is 27.4. The van der Waals surface area contributed by atoms with Gasteiger partial charge in [0.25, 0.3) is 0 Å². The van der Waals surface area contributed by atoms with Crippen LogP contribution < -0.4 is 5.32 Å². The van der Waals surface area contributed by atoms with E-state index in [1.165, 1.54) is 9.87 Å². The molecule has 1 amide bonds. The van der Waals surface area contributed by atoms with Crippen LogP contribution in [0.3, 0.4) is 0 Å². The Labute approximate surface area is 167 Å². The molecule has 0 unspecified atom stereocenters. The number of hydrogen-bond acceptors (Lipinski definition) is 3. The molecule has 3 rings (SSSR count). The van der Waals surface area contributed by atoms with E-state index in [0.29, 0.717) is 37.4 Å². The fraction of sp³-hybridized carbons (Fsp3) is 0.409. The van der Waals surface area contributed by atoms with Gasteiger partial charge in [0.1, 0.15) is 0 Å². The van der Waals surface area contributed by atoms with E-state index in [1.54, 1.807) is 6.07 Å². The van der Waals surface area contributed by atoms with Crippen LogP contribution in [0, 0.1) is 19.8 Å². The van der Waals surface area contributed by atoms with Gasteiger partial charge in [-0.05, 0) is 50.3 Å². The Bertz CT molecular complexity index is 918. The number of aryl methyl sites for hydroxylation is 2. The number of carbonyl (C=O) groups excluding carboxylic acids is 1. The molecular formula is C22H28N2O3S. The molecule has 5 nitrogen and oxygen atoms in total. The lowest BCUT2D eigenvalue weighted by Gasteiger charge is -2.31. The Kier molecular flexibility index (Phi) is 6.52. The molecule has 0 spiro atoms. The predicted molar refractivity (Wildman–Crippen MR) is 111 cm³/mol. The Balaban J connectivity index is 1.52. The summed E-state index contributed by atoms with van der Waals surface area (Å²) in [6.45, 7) is 5.14. The quantitative estimate of drug-likeness (QED) is 0.810. The van der Waals surface area contributed by atoms with E-state index in [9.17, 15) is 13.2 Å². The zero-order chi connectivity index (χ0) is 20.1. The molecule has 2 aromatic rings. The van der Waals surface area contributed by atoms with Crippen LogP contribution in [-0.4, -0.2) is 38.3 Å². The summed E-state index contributed by atoms with van der Waals surface area (Å²) >= 11 is 0. The fourth-order valence-electron chi connectivity index (χ4n) is 3.71. The highest BCUT2D eigenvalue weighted by molar-refractivity contribution is 7.89. The highest BCUT2D eigenvalue weighted by Crippen LogP contribution is 2.26. The summed E-state index contributed by atoms with van der Waals surface area (Å²) in [5, 5.41) is 2.99. The Morgan fingerprint density at radius 3 is 2.39 bits per heavy atom. The second-order valence-corrected chi connectivity index (χ2v) is 9.38. The molecule has 28 heavy (non-hydrogen) atoms. The molecule has 6 heteroatoms. The van der Waals surface area contributed by atoms with E-state index in [0.717, 1.165) is 17.5 Å². The van der Waals surface area contributed by atoms with Crippen LogP contribution in [0.15, 0.2) is 53.4 Å². The molecule has 0 atom stereocenters. The summed E-state index contributed by atoms with van der Waals surface area (Å²) in [4.78, 5) is 12.8. The summed E-state index contributed by atoms with van der Waals surface area (Å²) in [7, 11) is -3.51. The van der Waals surface area contributed by atoms with Crippen molar-refractivity contribution in [3.05, 3.63) is 65.2 Å². The normalized spacial score (nSPS) is 16.1. The SMILES string of the molecule is Cc1ccc(S(=O)(=O)N2CCC(C(=O)NCCc3ccccc3)CC2)c(C)c1. The number of carbonyl (C=O) groups is 1. The maximum atomic E-state index is 13.0. The Morgan fingerprint density at radius 1 is 1.07 bits per heavy atom. The van der Waals surface area contributed by atoms with Gasteiger partial charge in [-0.2, -0.15) is 4.31 Å². The van der Waals surface area contributed by atoms with Gasteiger partial charge in [0.15, 0.2) is 0 Å². The molecule has 0 saturated carbocycles. The number of nitrogens with one attached hydrogen (secondary N) is 1. The van der Waals surface area contributed by atoms with Gasteiger partial charge in [0, 0.05) is 25.6 Å². The fourth-order valence-corrected chi connectivity index (χ4v) is 5.38. The maximum Gasteiger partial charge on any atom is 0.243 e. The summed E-state index contributed by atoms with van der Waals surface area (Å²) in [6, 6.07) is 15.4. The minimum Gasteiger partial charge on any atom is -0.356 e. The zero-order valence-corrected chi connectivity index (χ0v) is 17.3. The van der Waals surface area contributed by atoms with Crippen molar-refractivity contribution in [1.82, 2.24) is 9.62 Å². The van der Waals surface area contributed by atoms with E-state index in [2.05, 4.69) is 5.32 Å². The zero-order valence-electron chi connectivity index (χ0n) is 16.5. The van der Waals surface area contributed by atoms with Gasteiger partial charge in [0.05, 0.1) is 4.90 Å². The highest BCUT2D eigenvalue weighted by Gasteiger charge is 2.32. The minimum absolute atomic E-state index is 0.0273. The van der Waals surface area contributed by atoms with Gasteiger partial charge in [-0.25, -0.2) is 8.42 Å². The van der Waals surface area contributed by atoms with Gasteiger partial charge in [-0.15, -0.1) is 0 Å². The van der Waals surface area contributed by atoms with Crippen LogP contribution in [0.5, 0.6) is 0 Å². The van der Waals surface area contributed by atoms with Crippen LogP contribution in [-0.2, 0) is 21.2 Å². The van der Waals surface area contributed by atoms with E-state index in [-0.39, 0.29) is 11.8 Å². The summed E-state index contributed by atoms with van der Waals surface area (Å²) in [6.07, 6.45) is 1.91. The highest BCUT2D eigenvalue weighted by atomic mass is 32.2. The largest absolute Gasteiger partial charge is 0.356 e. The van der Waals surface area contributed by atoms with Gasteiger partial charge >= 0.3 is 0 Å². The Morgan fingerprint density at radius 2 is 1.75 bits per heavy atom. The molecule has 0 aromatic heterocycles. The maximum absolute atomic E-state index is 13.0. The van der Waals surface area contributed by atoms with E-state index in [4.69, 9.17) is 0 Å². The average Bonchev–Trinajstić information content (AvgIpc) is 2.68. The predicted octanol–water partition coefficient (Wildman–Crippen LogP) is 3.06. The summed E-state index contributed by atoms with van der Waals surface area (Å²) in [5.41, 5.74) is 3.00. The van der Waals surface area contributed by atoms with Crippen LogP contribution in [0.25, 0.3) is 0 Å². The van der Waals surface area contributed by atoms with Crippen molar-refractivity contribution in [2.75, 3.05) is 19.6 Å². The first-order chi connectivity index (χ1) is 13.4. The van der Waals surface area contributed by atoms with Crippen molar-refractivity contribution in [2.45, 2.75) is 38.0 Å². The second-order valence-electron chi connectivity index (χ2n) is 7.47. The smallest absolute Gasteiger partial charge is 0.243 e. The molecule has 0 aliphatic carbocycles. The minimum atomic E-state index is -3.51. The molecule has 1 aliphatic rings. The number of amides is 1. The van der Waals surface area contributed by atoms with Crippen LogP contribution >= 0.6 is 0 Å².